The van der Waals surface area contributed by atoms with Crippen molar-refractivity contribution < 1.29 is 15.0 Å². The Labute approximate surface area is 181 Å². The number of carboxylic acid groups (broad SMARTS) is 1. The lowest BCUT2D eigenvalue weighted by Crippen LogP contribution is -2.33. The average molecular weight is 474 g/mol. The van der Waals surface area contributed by atoms with Gasteiger partial charge < -0.3 is 20.4 Å². The quantitative estimate of drug-likeness (QED) is 0.503. The third-order valence-corrected chi connectivity index (χ3v) is 6.35. The molecule has 1 fully saturated rings. The SMILES string of the molecule is O=C(O)c1cc(CO)ccc1Nc1c(N2CCSCC2)cnc2ccc(Br)cc12. The van der Waals surface area contributed by atoms with Crippen LogP contribution < -0.4 is 10.2 Å². The van der Waals surface area contributed by atoms with Crippen molar-refractivity contribution in [2.75, 3.05) is 34.8 Å². The number of hydrogen-bond acceptors (Lipinski definition) is 6. The molecule has 0 unspecified atom stereocenters. The minimum Gasteiger partial charge on any atom is -0.478 e. The third-order valence-electron chi connectivity index (χ3n) is 4.92. The molecule has 3 aromatic rings. The summed E-state index contributed by atoms with van der Waals surface area (Å²) < 4.78 is 0.926. The van der Waals surface area contributed by atoms with Gasteiger partial charge in [0.1, 0.15) is 0 Å². The lowest BCUT2D eigenvalue weighted by molar-refractivity contribution is 0.0698. The van der Waals surface area contributed by atoms with Crippen LogP contribution in [0, 0.1) is 0 Å². The summed E-state index contributed by atoms with van der Waals surface area (Å²) in [6, 6.07) is 10.8. The van der Waals surface area contributed by atoms with Gasteiger partial charge in [-0.15, -0.1) is 0 Å². The number of fused-ring (bicyclic) bond motifs is 1. The molecular weight excluding hydrogens is 454 g/mol. The molecule has 8 heteroatoms. The van der Waals surface area contributed by atoms with Gasteiger partial charge in [0, 0.05) is 34.5 Å². The van der Waals surface area contributed by atoms with Crippen LogP contribution in [0.1, 0.15) is 15.9 Å². The van der Waals surface area contributed by atoms with E-state index in [1.54, 1.807) is 12.1 Å². The Morgan fingerprint density at radius 1 is 1.21 bits per heavy atom. The van der Waals surface area contributed by atoms with Gasteiger partial charge in [-0.25, -0.2) is 4.79 Å². The van der Waals surface area contributed by atoms with Gasteiger partial charge in [-0.2, -0.15) is 11.8 Å². The van der Waals surface area contributed by atoms with Gasteiger partial charge in [0.05, 0.1) is 40.9 Å². The fraction of sp³-hybridized carbons (Fsp3) is 0.238. The molecule has 0 spiro atoms. The number of carboxylic acids is 1. The number of anilines is 3. The second-order valence-electron chi connectivity index (χ2n) is 6.75. The summed E-state index contributed by atoms with van der Waals surface area (Å²) in [6.07, 6.45) is 1.86. The number of hydrogen-bond donors (Lipinski definition) is 3. The van der Waals surface area contributed by atoms with Crippen molar-refractivity contribution in [3.63, 3.8) is 0 Å². The Hall–Kier alpha value is -2.29. The largest absolute Gasteiger partial charge is 0.478 e. The van der Waals surface area contributed by atoms with Crippen LogP contribution in [0.2, 0.25) is 0 Å². The van der Waals surface area contributed by atoms with Crippen LogP contribution in [-0.2, 0) is 6.61 Å². The molecule has 1 aliphatic rings. The van der Waals surface area contributed by atoms with Crippen LogP contribution in [0.15, 0.2) is 47.1 Å². The Morgan fingerprint density at radius 2 is 2.00 bits per heavy atom. The maximum atomic E-state index is 11.8. The highest BCUT2D eigenvalue weighted by Crippen LogP contribution is 2.38. The van der Waals surface area contributed by atoms with Crippen molar-refractivity contribution in [3.8, 4) is 0 Å². The number of pyridine rings is 1. The van der Waals surface area contributed by atoms with E-state index in [-0.39, 0.29) is 12.2 Å². The summed E-state index contributed by atoms with van der Waals surface area (Å²) >= 11 is 5.46. The first-order valence-corrected chi connectivity index (χ1v) is 11.2. The molecule has 0 saturated carbocycles. The van der Waals surface area contributed by atoms with Gasteiger partial charge in [0.25, 0.3) is 0 Å². The van der Waals surface area contributed by atoms with Crippen molar-refractivity contribution in [1.82, 2.24) is 4.98 Å². The van der Waals surface area contributed by atoms with E-state index < -0.39 is 5.97 Å². The number of benzene rings is 2. The smallest absolute Gasteiger partial charge is 0.337 e. The van der Waals surface area contributed by atoms with Crippen LogP contribution in [0.4, 0.5) is 17.1 Å². The number of aliphatic hydroxyl groups is 1. The molecule has 2 aromatic carbocycles. The fourth-order valence-corrected chi connectivity index (χ4v) is 4.70. The Bertz CT molecular complexity index is 1070. The van der Waals surface area contributed by atoms with E-state index in [1.807, 2.05) is 36.2 Å². The van der Waals surface area contributed by atoms with Gasteiger partial charge in [0.2, 0.25) is 0 Å². The first-order chi connectivity index (χ1) is 14.1. The number of aliphatic hydroxyl groups excluding tert-OH is 1. The van der Waals surface area contributed by atoms with Crippen LogP contribution in [-0.4, -0.2) is 45.8 Å². The highest BCUT2D eigenvalue weighted by Gasteiger charge is 2.20. The fourth-order valence-electron chi connectivity index (χ4n) is 3.44. The molecule has 2 heterocycles. The topological polar surface area (TPSA) is 85.7 Å². The average Bonchev–Trinajstić information content (AvgIpc) is 2.74. The number of thioether (sulfide) groups is 1. The highest BCUT2D eigenvalue weighted by atomic mass is 79.9. The zero-order valence-electron chi connectivity index (χ0n) is 15.6. The van der Waals surface area contributed by atoms with Gasteiger partial charge in [-0.05, 0) is 35.9 Å². The predicted octanol–water partition coefficient (Wildman–Crippen LogP) is 4.48. The molecular formula is C21H20BrN3O3S. The van der Waals surface area contributed by atoms with Gasteiger partial charge in [-0.3, -0.25) is 4.98 Å². The zero-order chi connectivity index (χ0) is 20.4. The monoisotopic (exact) mass is 473 g/mol. The summed E-state index contributed by atoms with van der Waals surface area (Å²) in [5.41, 5.74) is 3.78. The zero-order valence-corrected chi connectivity index (χ0v) is 18.0. The lowest BCUT2D eigenvalue weighted by Gasteiger charge is -2.31. The predicted molar refractivity (Wildman–Crippen MR) is 122 cm³/mol. The standard InChI is InChI=1S/C21H20BrN3O3S/c22-14-2-4-17-15(10-14)20(19(11-23-17)25-5-7-29-8-6-25)24-18-3-1-13(12-26)9-16(18)21(27)28/h1-4,9-11,26H,5-8,12H2,(H,23,24)(H,27,28). The molecule has 4 rings (SSSR count). The normalized spacial score (nSPS) is 14.2. The van der Waals surface area contributed by atoms with Crippen LogP contribution in [0.25, 0.3) is 10.9 Å². The molecule has 1 aromatic heterocycles. The summed E-state index contributed by atoms with van der Waals surface area (Å²) in [4.78, 5) is 18.7. The summed E-state index contributed by atoms with van der Waals surface area (Å²) in [5.74, 6) is 1.04. The van der Waals surface area contributed by atoms with E-state index in [1.165, 1.54) is 6.07 Å². The number of nitrogens with one attached hydrogen (secondary N) is 1. The molecule has 29 heavy (non-hydrogen) atoms. The molecule has 3 N–H and O–H groups in total. The summed E-state index contributed by atoms with van der Waals surface area (Å²) in [6.45, 7) is 1.62. The summed E-state index contributed by atoms with van der Waals surface area (Å²) in [5, 5.41) is 23.3. The van der Waals surface area contributed by atoms with Gasteiger partial charge in [-0.1, -0.05) is 22.0 Å². The van der Waals surface area contributed by atoms with Crippen LogP contribution in [0.3, 0.4) is 0 Å². The molecule has 0 amide bonds. The molecule has 0 bridgehead atoms. The summed E-state index contributed by atoms with van der Waals surface area (Å²) in [7, 11) is 0. The molecule has 6 nitrogen and oxygen atoms in total. The van der Waals surface area contributed by atoms with E-state index in [0.717, 1.165) is 51.3 Å². The number of rotatable bonds is 5. The lowest BCUT2D eigenvalue weighted by atomic mass is 10.1. The molecule has 150 valence electrons. The van der Waals surface area contributed by atoms with Gasteiger partial charge >= 0.3 is 5.97 Å². The Balaban J connectivity index is 1.87. The third kappa shape index (κ3) is 4.19. The second kappa shape index (κ2) is 8.61. The van der Waals surface area contributed by atoms with E-state index in [9.17, 15) is 15.0 Å². The molecule has 1 aliphatic heterocycles. The van der Waals surface area contributed by atoms with Crippen molar-refractivity contribution in [2.45, 2.75) is 6.61 Å². The molecule has 1 saturated heterocycles. The number of halogens is 1. The molecule has 0 aliphatic carbocycles. The maximum Gasteiger partial charge on any atom is 0.337 e. The van der Waals surface area contributed by atoms with E-state index in [0.29, 0.717) is 11.3 Å². The minimum atomic E-state index is -1.04. The van der Waals surface area contributed by atoms with E-state index >= 15 is 0 Å². The number of aromatic nitrogens is 1. The van der Waals surface area contributed by atoms with Gasteiger partial charge in [0.15, 0.2) is 0 Å². The maximum absolute atomic E-state index is 11.8. The van der Waals surface area contributed by atoms with Crippen LogP contribution in [0.5, 0.6) is 0 Å². The minimum absolute atomic E-state index is 0.122. The van der Waals surface area contributed by atoms with Crippen molar-refractivity contribution >= 4 is 61.6 Å². The van der Waals surface area contributed by atoms with Crippen LogP contribution >= 0.6 is 27.7 Å². The highest BCUT2D eigenvalue weighted by molar-refractivity contribution is 9.10. The molecule has 0 atom stereocenters. The number of nitrogens with zero attached hydrogens (tertiary/aromatic N) is 2. The van der Waals surface area contributed by atoms with Crippen molar-refractivity contribution in [3.05, 3.63) is 58.2 Å². The Kier molecular flexibility index (Phi) is 5.94. The molecule has 0 radical (unpaired) electrons. The second-order valence-corrected chi connectivity index (χ2v) is 8.89. The first kappa shape index (κ1) is 20.0. The van der Waals surface area contributed by atoms with Crippen molar-refractivity contribution in [1.29, 1.82) is 0 Å². The first-order valence-electron chi connectivity index (χ1n) is 9.22. The van der Waals surface area contributed by atoms with E-state index in [4.69, 9.17) is 0 Å². The number of carbonyl (C=O) groups is 1. The van der Waals surface area contributed by atoms with Crippen molar-refractivity contribution in [2.24, 2.45) is 0 Å². The van der Waals surface area contributed by atoms with E-state index in [2.05, 4.69) is 31.1 Å². The Morgan fingerprint density at radius 3 is 2.72 bits per heavy atom. The number of aromatic carboxylic acids is 1.